The van der Waals surface area contributed by atoms with E-state index in [1.54, 1.807) is 13.3 Å². The van der Waals surface area contributed by atoms with Crippen molar-refractivity contribution in [1.82, 2.24) is 14.9 Å². The highest BCUT2D eigenvalue weighted by Crippen LogP contribution is 2.19. The molecule has 0 bridgehead atoms. The molecule has 0 unspecified atom stereocenters. The van der Waals surface area contributed by atoms with E-state index in [4.69, 9.17) is 10.5 Å². The third-order valence-corrected chi connectivity index (χ3v) is 3.78. The van der Waals surface area contributed by atoms with Crippen LogP contribution in [-0.4, -0.2) is 67.7 Å². The number of hydrogen-bond donors (Lipinski definition) is 1. The first-order valence-electron chi connectivity index (χ1n) is 7.14. The molecule has 2 heterocycles. The molecule has 2 N–H and O–H groups in total. The number of anilines is 1. The van der Waals surface area contributed by atoms with Crippen LogP contribution in [0.15, 0.2) is 12.4 Å². The largest absolute Gasteiger partial charge is 0.383 e. The van der Waals surface area contributed by atoms with Crippen LogP contribution in [0.4, 0.5) is 5.82 Å². The Morgan fingerprint density at radius 1 is 1.57 bits per heavy atom. The molecule has 21 heavy (non-hydrogen) atoms. The maximum atomic E-state index is 11.1. The van der Waals surface area contributed by atoms with Gasteiger partial charge in [0.25, 0.3) is 5.91 Å². The molecule has 1 atom stereocenters. The average molecular weight is 293 g/mol. The predicted octanol–water partition coefficient (Wildman–Crippen LogP) is -0.0200. The lowest BCUT2D eigenvalue weighted by Crippen LogP contribution is -2.30. The van der Waals surface area contributed by atoms with Crippen molar-refractivity contribution in [2.75, 3.05) is 51.8 Å². The SMILES string of the molecule is COCCN1CC[C@H](CN(C)c2cncc(C(N)=O)n2)C1. The molecule has 1 amide bonds. The number of aromatic nitrogens is 2. The lowest BCUT2D eigenvalue weighted by molar-refractivity contribution is 0.0995. The van der Waals surface area contributed by atoms with Crippen molar-refractivity contribution in [2.45, 2.75) is 6.42 Å². The van der Waals surface area contributed by atoms with E-state index >= 15 is 0 Å². The van der Waals surface area contributed by atoms with Crippen molar-refractivity contribution in [3.63, 3.8) is 0 Å². The monoisotopic (exact) mass is 293 g/mol. The number of likely N-dealkylation sites (tertiary alicyclic amines) is 1. The molecule has 0 spiro atoms. The second-order valence-corrected chi connectivity index (χ2v) is 5.46. The number of amides is 1. The van der Waals surface area contributed by atoms with Gasteiger partial charge in [-0.3, -0.25) is 9.78 Å². The summed E-state index contributed by atoms with van der Waals surface area (Å²) in [5.74, 6) is 0.719. The molecular formula is C14H23N5O2. The molecule has 0 radical (unpaired) electrons. The number of carbonyl (C=O) groups is 1. The minimum Gasteiger partial charge on any atom is -0.383 e. The van der Waals surface area contributed by atoms with Crippen molar-refractivity contribution < 1.29 is 9.53 Å². The van der Waals surface area contributed by atoms with E-state index in [0.29, 0.717) is 11.7 Å². The molecule has 1 aliphatic rings. The summed E-state index contributed by atoms with van der Waals surface area (Å²) in [5, 5.41) is 0. The predicted molar refractivity (Wildman–Crippen MR) is 80.2 cm³/mol. The molecule has 116 valence electrons. The van der Waals surface area contributed by atoms with E-state index in [-0.39, 0.29) is 5.69 Å². The summed E-state index contributed by atoms with van der Waals surface area (Å²) in [5.41, 5.74) is 5.43. The van der Waals surface area contributed by atoms with Crippen LogP contribution in [0.5, 0.6) is 0 Å². The maximum absolute atomic E-state index is 11.1. The summed E-state index contributed by atoms with van der Waals surface area (Å²) >= 11 is 0. The molecule has 1 aromatic rings. The fraction of sp³-hybridized carbons (Fsp3) is 0.643. The first kappa shape index (κ1) is 15.7. The standard InChI is InChI=1S/C14H23N5O2/c1-18(13-8-16-7-12(17-13)14(15)20)9-11-3-4-19(10-11)5-6-21-2/h7-8,11H,3-6,9-10H2,1-2H3,(H2,15,20)/t11-/m1/s1. The van der Waals surface area contributed by atoms with Gasteiger partial charge in [0.15, 0.2) is 0 Å². The molecule has 7 nitrogen and oxygen atoms in total. The van der Waals surface area contributed by atoms with Gasteiger partial charge in [0, 0.05) is 33.8 Å². The van der Waals surface area contributed by atoms with Gasteiger partial charge in [-0.2, -0.15) is 0 Å². The lowest BCUT2D eigenvalue weighted by atomic mass is 10.1. The molecular weight excluding hydrogens is 270 g/mol. The quantitative estimate of drug-likeness (QED) is 0.760. The second-order valence-electron chi connectivity index (χ2n) is 5.46. The van der Waals surface area contributed by atoms with Gasteiger partial charge in [0.2, 0.25) is 0 Å². The van der Waals surface area contributed by atoms with Gasteiger partial charge in [-0.1, -0.05) is 0 Å². The van der Waals surface area contributed by atoms with Crippen LogP contribution in [0.3, 0.4) is 0 Å². The maximum Gasteiger partial charge on any atom is 0.268 e. The molecule has 7 heteroatoms. The summed E-state index contributed by atoms with van der Waals surface area (Å²) in [6.07, 6.45) is 4.21. The van der Waals surface area contributed by atoms with E-state index in [1.165, 1.54) is 6.20 Å². The molecule has 0 aliphatic carbocycles. The van der Waals surface area contributed by atoms with Gasteiger partial charge >= 0.3 is 0 Å². The van der Waals surface area contributed by atoms with Gasteiger partial charge < -0.3 is 20.3 Å². The zero-order valence-corrected chi connectivity index (χ0v) is 12.7. The number of methoxy groups -OCH3 is 1. The van der Waals surface area contributed by atoms with Crippen LogP contribution in [0.1, 0.15) is 16.9 Å². The van der Waals surface area contributed by atoms with Gasteiger partial charge in [-0.15, -0.1) is 0 Å². The number of primary amides is 1. The summed E-state index contributed by atoms with van der Waals surface area (Å²) in [6, 6.07) is 0. The van der Waals surface area contributed by atoms with Crippen LogP contribution in [0.2, 0.25) is 0 Å². The Hall–Kier alpha value is -1.73. The fourth-order valence-corrected chi connectivity index (χ4v) is 2.62. The van der Waals surface area contributed by atoms with Gasteiger partial charge in [-0.05, 0) is 18.9 Å². The highest BCUT2D eigenvalue weighted by atomic mass is 16.5. The Kier molecular flexibility index (Phi) is 5.46. The van der Waals surface area contributed by atoms with Crippen molar-refractivity contribution in [1.29, 1.82) is 0 Å². The van der Waals surface area contributed by atoms with Gasteiger partial charge in [0.1, 0.15) is 11.5 Å². The van der Waals surface area contributed by atoms with Crippen molar-refractivity contribution in [2.24, 2.45) is 11.7 Å². The first-order valence-corrected chi connectivity index (χ1v) is 7.14. The van der Waals surface area contributed by atoms with Crippen molar-refractivity contribution >= 4 is 11.7 Å². The molecule has 1 saturated heterocycles. The molecule has 0 aromatic carbocycles. The van der Waals surface area contributed by atoms with Crippen LogP contribution < -0.4 is 10.6 Å². The number of carbonyl (C=O) groups excluding carboxylic acids is 1. The van der Waals surface area contributed by atoms with Crippen molar-refractivity contribution in [3.05, 3.63) is 18.1 Å². The number of ether oxygens (including phenoxy) is 1. The Balaban J connectivity index is 1.88. The minimum absolute atomic E-state index is 0.201. The molecule has 0 saturated carbocycles. The number of nitrogens with zero attached hydrogens (tertiary/aromatic N) is 4. The molecule has 1 aliphatic heterocycles. The minimum atomic E-state index is -0.552. The average Bonchev–Trinajstić information content (AvgIpc) is 2.92. The zero-order valence-electron chi connectivity index (χ0n) is 12.7. The third kappa shape index (κ3) is 4.37. The third-order valence-electron chi connectivity index (χ3n) is 3.78. The van der Waals surface area contributed by atoms with Crippen LogP contribution in [0.25, 0.3) is 0 Å². The number of nitrogens with two attached hydrogens (primary N) is 1. The fourth-order valence-electron chi connectivity index (χ4n) is 2.62. The number of rotatable bonds is 7. The molecule has 2 rings (SSSR count). The zero-order chi connectivity index (χ0) is 15.2. The molecule has 1 fully saturated rings. The Morgan fingerprint density at radius 2 is 2.38 bits per heavy atom. The lowest BCUT2D eigenvalue weighted by Gasteiger charge is -2.22. The van der Waals surface area contributed by atoms with E-state index in [9.17, 15) is 4.79 Å². The normalized spacial score (nSPS) is 18.9. The Labute approximate surface area is 125 Å². The number of hydrogen-bond acceptors (Lipinski definition) is 6. The highest BCUT2D eigenvalue weighted by Gasteiger charge is 2.23. The Morgan fingerprint density at radius 3 is 3.10 bits per heavy atom. The van der Waals surface area contributed by atoms with Crippen LogP contribution in [0, 0.1) is 5.92 Å². The smallest absolute Gasteiger partial charge is 0.268 e. The van der Waals surface area contributed by atoms with Gasteiger partial charge in [0.05, 0.1) is 19.0 Å². The highest BCUT2D eigenvalue weighted by molar-refractivity contribution is 5.90. The van der Waals surface area contributed by atoms with Crippen molar-refractivity contribution in [3.8, 4) is 0 Å². The Bertz CT molecular complexity index is 482. The summed E-state index contributed by atoms with van der Waals surface area (Å²) in [4.78, 5) is 23.9. The van der Waals surface area contributed by atoms with E-state index in [0.717, 1.165) is 39.2 Å². The molecule has 1 aromatic heterocycles. The van der Waals surface area contributed by atoms with E-state index in [2.05, 4.69) is 14.9 Å². The van der Waals surface area contributed by atoms with E-state index in [1.807, 2.05) is 11.9 Å². The van der Waals surface area contributed by atoms with Gasteiger partial charge in [-0.25, -0.2) is 4.98 Å². The van der Waals surface area contributed by atoms with Crippen LogP contribution >= 0.6 is 0 Å². The summed E-state index contributed by atoms with van der Waals surface area (Å²) < 4.78 is 5.11. The first-order chi connectivity index (χ1) is 10.1. The van der Waals surface area contributed by atoms with E-state index < -0.39 is 5.91 Å². The summed E-state index contributed by atoms with van der Waals surface area (Å²) in [6.45, 7) is 4.81. The second kappa shape index (κ2) is 7.33. The topological polar surface area (TPSA) is 84.6 Å². The van der Waals surface area contributed by atoms with Crippen LogP contribution in [-0.2, 0) is 4.74 Å². The summed E-state index contributed by atoms with van der Waals surface area (Å²) in [7, 11) is 3.69.